The van der Waals surface area contributed by atoms with Crippen molar-refractivity contribution >= 4 is 34.7 Å². The number of rotatable bonds is 4. The molecule has 0 amide bonds. The van der Waals surface area contributed by atoms with Crippen LogP contribution in [0.3, 0.4) is 0 Å². The highest BCUT2D eigenvalue weighted by atomic mass is 35.5. The number of hydrogen-bond acceptors (Lipinski definition) is 5. The van der Waals surface area contributed by atoms with Crippen LogP contribution in [-0.2, 0) is 0 Å². The van der Waals surface area contributed by atoms with E-state index in [2.05, 4.69) is 10.3 Å². The molecule has 8 heteroatoms. The fourth-order valence-corrected chi connectivity index (χ4v) is 1.79. The van der Waals surface area contributed by atoms with E-state index in [1.165, 1.54) is 12.3 Å². The topological polar surface area (TPSA) is 77.3 Å². The fraction of sp³-hybridized carbons (Fsp3) is 0.0833. The lowest BCUT2D eigenvalue weighted by Crippen LogP contribution is -1.96. The average molecular weight is 314 g/mol. The quantitative estimate of drug-likeness (QED) is 0.678. The van der Waals surface area contributed by atoms with Crippen LogP contribution in [0.2, 0.25) is 10.0 Å². The van der Waals surface area contributed by atoms with Gasteiger partial charge in [-0.1, -0.05) is 23.2 Å². The number of ether oxygens (including phenoxy) is 1. The van der Waals surface area contributed by atoms with Crippen LogP contribution in [0.15, 0.2) is 30.5 Å². The molecule has 0 fully saturated rings. The Bertz CT molecular complexity index is 664. The van der Waals surface area contributed by atoms with Gasteiger partial charge in [0.1, 0.15) is 11.6 Å². The minimum absolute atomic E-state index is 0.0117. The van der Waals surface area contributed by atoms with Crippen LogP contribution in [0, 0.1) is 10.1 Å². The highest BCUT2D eigenvalue weighted by Crippen LogP contribution is 2.38. The molecule has 20 heavy (non-hydrogen) atoms. The molecule has 0 saturated carbocycles. The molecule has 2 aromatic rings. The molecular formula is C12H9Cl2N3O3. The summed E-state index contributed by atoms with van der Waals surface area (Å²) in [5.74, 6) is 0.980. The number of nitro groups is 1. The lowest BCUT2D eigenvalue weighted by molar-refractivity contribution is -0.385. The number of benzene rings is 1. The second-order valence-corrected chi connectivity index (χ2v) is 4.53. The summed E-state index contributed by atoms with van der Waals surface area (Å²) in [5, 5.41) is 14.1. The third-order valence-electron chi connectivity index (χ3n) is 2.41. The van der Waals surface area contributed by atoms with Crippen molar-refractivity contribution in [1.29, 1.82) is 0 Å². The zero-order chi connectivity index (χ0) is 14.7. The van der Waals surface area contributed by atoms with Gasteiger partial charge in [0.05, 0.1) is 15.0 Å². The van der Waals surface area contributed by atoms with E-state index >= 15 is 0 Å². The molecule has 2 rings (SSSR count). The van der Waals surface area contributed by atoms with E-state index in [9.17, 15) is 10.1 Å². The zero-order valence-electron chi connectivity index (χ0n) is 10.3. The average Bonchev–Trinajstić information content (AvgIpc) is 2.42. The van der Waals surface area contributed by atoms with Crippen molar-refractivity contribution in [3.05, 3.63) is 50.6 Å². The van der Waals surface area contributed by atoms with Crippen LogP contribution in [0.4, 0.5) is 11.5 Å². The summed E-state index contributed by atoms with van der Waals surface area (Å²) in [5.41, 5.74) is -0.262. The number of hydrogen-bond donors (Lipinski definition) is 1. The smallest absolute Gasteiger partial charge is 0.313 e. The first kappa shape index (κ1) is 14.4. The molecule has 0 aliphatic carbocycles. The van der Waals surface area contributed by atoms with Crippen LogP contribution in [0.25, 0.3) is 0 Å². The summed E-state index contributed by atoms with van der Waals surface area (Å²) >= 11 is 11.6. The third-order valence-corrected chi connectivity index (χ3v) is 3.14. The summed E-state index contributed by atoms with van der Waals surface area (Å²) in [6, 6.07) is 5.64. The molecule has 0 saturated heterocycles. The lowest BCUT2D eigenvalue weighted by atomic mass is 10.3. The number of nitro benzene ring substituents is 1. The Kier molecular flexibility index (Phi) is 4.26. The summed E-state index contributed by atoms with van der Waals surface area (Å²) in [4.78, 5) is 14.4. The molecule has 104 valence electrons. The summed E-state index contributed by atoms with van der Waals surface area (Å²) in [7, 11) is 1.70. The maximum atomic E-state index is 11.0. The first-order valence-corrected chi connectivity index (χ1v) is 6.22. The largest absolute Gasteiger partial charge is 0.450 e. The van der Waals surface area contributed by atoms with Crippen molar-refractivity contribution in [2.24, 2.45) is 0 Å². The van der Waals surface area contributed by atoms with E-state index in [-0.39, 0.29) is 21.5 Å². The predicted molar refractivity (Wildman–Crippen MR) is 77.0 cm³/mol. The van der Waals surface area contributed by atoms with Gasteiger partial charge in [0.25, 0.3) is 0 Å². The van der Waals surface area contributed by atoms with Crippen molar-refractivity contribution in [2.75, 3.05) is 12.4 Å². The Morgan fingerprint density at radius 3 is 2.65 bits per heavy atom. The summed E-state index contributed by atoms with van der Waals surface area (Å²) < 4.78 is 5.48. The van der Waals surface area contributed by atoms with Gasteiger partial charge in [0, 0.05) is 31.4 Å². The highest BCUT2D eigenvalue weighted by molar-refractivity contribution is 6.42. The van der Waals surface area contributed by atoms with Crippen molar-refractivity contribution in [1.82, 2.24) is 4.98 Å². The standard InChI is InChI=1S/C12H9Cl2N3O3/c1-15-12-4-7(2-3-16-12)20-11-6-9(14)8(13)5-10(11)17(18)19/h2-6H,1H3,(H,15,16). The molecule has 1 aromatic heterocycles. The van der Waals surface area contributed by atoms with Gasteiger partial charge < -0.3 is 10.1 Å². The van der Waals surface area contributed by atoms with E-state index < -0.39 is 4.92 Å². The van der Waals surface area contributed by atoms with E-state index in [0.29, 0.717) is 11.6 Å². The minimum atomic E-state index is -0.586. The van der Waals surface area contributed by atoms with Crippen molar-refractivity contribution in [2.45, 2.75) is 0 Å². The molecule has 0 radical (unpaired) electrons. The molecule has 0 bridgehead atoms. The van der Waals surface area contributed by atoms with E-state index in [1.54, 1.807) is 19.2 Å². The van der Waals surface area contributed by atoms with Gasteiger partial charge in [-0.05, 0) is 6.07 Å². The van der Waals surface area contributed by atoms with Crippen LogP contribution in [0.1, 0.15) is 0 Å². The maximum Gasteiger partial charge on any atom is 0.313 e. The number of aromatic nitrogens is 1. The predicted octanol–water partition coefficient (Wildman–Crippen LogP) is 4.13. The number of nitrogens with zero attached hydrogens (tertiary/aromatic N) is 2. The molecular weight excluding hydrogens is 305 g/mol. The van der Waals surface area contributed by atoms with Crippen LogP contribution >= 0.6 is 23.2 Å². The SMILES string of the molecule is CNc1cc(Oc2cc(Cl)c(Cl)cc2[N+](=O)[O-])ccn1. The van der Waals surface area contributed by atoms with Crippen LogP contribution < -0.4 is 10.1 Å². The lowest BCUT2D eigenvalue weighted by Gasteiger charge is -2.08. The zero-order valence-corrected chi connectivity index (χ0v) is 11.8. The number of pyridine rings is 1. The summed E-state index contributed by atoms with van der Waals surface area (Å²) in [6.07, 6.45) is 1.52. The number of anilines is 1. The Balaban J connectivity index is 2.41. The Morgan fingerprint density at radius 1 is 1.30 bits per heavy atom. The monoisotopic (exact) mass is 313 g/mol. The minimum Gasteiger partial charge on any atom is -0.450 e. The maximum absolute atomic E-state index is 11.0. The van der Waals surface area contributed by atoms with Gasteiger partial charge in [-0.15, -0.1) is 0 Å². The third kappa shape index (κ3) is 3.09. The molecule has 0 aliphatic rings. The molecule has 6 nitrogen and oxygen atoms in total. The van der Waals surface area contributed by atoms with Gasteiger partial charge >= 0.3 is 5.69 Å². The van der Waals surface area contributed by atoms with Gasteiger partial charge in [0.2, 0.25) is 5.75 Å². The normalized spacial score (nSPS) is 10.2. The summed E-state index contributed by atoms with van der Waals surface area (Å²) in [6.45, 7) is 0. The van der Waals surface area contributed by atoms with Crippen molar-refractivity contribution in [3.8, 4) is 11.5 Å². The van der Waals surface area contributed by atoms with E-state index in [0.717, 1.165) is 6.07 Å². The molecule has 0 atom stereocenters. The molecule has 0 spiro atoms. The molecule has 1 aromatic carbocycles. The second kappa shape index (κ2) is 5.94. The molecule has 1 heterocycles. The van der Waals surface area contributed by atoms with Crippen LogP contribution in [-0.4, -0.2) is 17.0 Å². The van der Waals surface area contributed by atoms with Crippen molar-refractivity contribution in [3.63, 3.8) is 0 Å². The number of halogens is 2. The van der Waals surface area contributed by atoms with Gasteiger partial charge in [-0.2, -0.15) is 0 Å². The van der Waals surface area contributed by atoms with Gasteiger partial charge in [0.15, 0.2) is 0 Å². The Hall–Kier alpha value is -2.05. The van der Waals surface area contributed by atoms with E-state index in [1.807, 2.05) is 0 Å². The fourth-order valence-electron chi connectivity index (χ4n) is 1.48. The van der Waals surface area contributed by atoms with Crippen molar-refractivity contribution < 1.29 is 9.66 Å². The van der Waals surface area contributed by atoms with Gasteiger partial charge in [-0.3, -0.25) is 10.1 Å². The first-order valence-electron chi connectivity index (χ1n) is 5.46. The molecule has 0 unspecified atom stereocenters. The number of nitrogens with one attached hydrogen (secondary N) is 1. The van der Waals surface area contributed by atoms with E-state index in [4.69, 9.17) is 27.9 Å². The highest BCUT2D eigenvalue weighted by Gasteiger charge is 2.19. The second-order valence-electron chi connectivity index (χ2n) is 3.72. The first-order chi connectivity index (χ1) is 9.51. The Morgan fingerprint density at radius 2 is 2.00 bits per heavy atom. The molecule has 0 aliphatic heterocycles. The molecule has 1 N–H and O–H groups in total. The Labute approximate surface area is 124 Å². The van der Waals surface area contributed by atoms with Gasteiger partial charge in [-0.25, -0.2) is 4.98 Å². The van der Waals surface area contributed by atoms with Crippen LogP contribution in [0.5, 0.6) is 11.5 Å².